The number of hydrogen-bond acceptors (Lipinski definition) is 3. The topological polar surface area (TPSA) is 29.8 Å². The molecule has 19 heavy (non-hydrogen) atoms. The minimum absolute atomic E-state index is 0.564. The summed E-state index contributed by atoms with van der Waals surface area (Å²) in [6.45, 7) is 6.68. The average molecular weight is 259 g/mol. The summed E-state index contributed by atoms with van der Waals surface area (Å²) in [7, 11) is 0. The summed E-state index contributed by atoms with van der Waals surface area (Å²) < 4.78 is 7.86. The summed E-state index contributed by atoms with van der Waals surface area (Å²) in [4.78, 5) is 6.80. The standard InChI is InChI=1S/C15H21N3O/c1-13(11-17-6-2-3-7-17)12-19-14-4-8-18-9-5-16-15(18)10-14/h4-5,8-10,13H,2-3,6-7,11-12H2,1H3. The van der Waals surface area contributed by atoms with Gasteiger partial charge in [0.15, 0.2) is 0 Å². The Labute approximate surface area is 114 Å². The molecule has 0 N–H and O–H groups in total. The number of nitrogens with zero attached hydrogens (tertiary/aromatic N) is 3. The molecule has 0 amide bonds. The Balaban J connectivity index is 1.52. The van der Waals surface area contributed by atoms with E-state index in [1.165, 1.54) is 25.9 Å². The molecule has 0 bridgehead atoms. The molecule has 3 heterocycles. The van der Waals surface area contributed by atoms with Crippen LogP contribution in [0.3, 0.4) is 0 Å². The molecule has 2 aromatic rings. The van der Waals surface area contributed by atoms with Crippen molar-refractivity contribution in [2.75, 3.05) is 26.2 Å². The van der Waals surface area contributed by atoms with Gasteiger partial charge in [-0.1, -0.05) is 6.92 Å². The minimum atomic E-state index is 0.564. The van der Waals surface area contributed by atoms with E-state index in [1.807, 2.05) is 28.9 Å². The van der Waals surface area contributed by atoms with Crippen LogP contribution in [0.2, 0.25) is 0 Å². The Morgan fingerprint density at radius 1 is 1.32 bits per heavy atom. The first-order valence-corrected chi connectivity index (χ1v) is 7.09. The van der Waals surface area contributed by atoms with Crippen LogP contribution >= 0.6 is 0 Å². The van der Waals surface area contributed by atoms with Crippen molar-refractivity contribution in [1.82, 2.24) is 14.3 Å². The molecule has 1 atom stereocenters. The third-order valence-electron chi connectivity index (χ3n) is 3.67. The zero-order valence-electron chi connectivity index (χ0n) is 11.5. The first kappa shape index (κ1) is 12.5. The predicted octanol–water partition coefficient (Wildman–Crippen LogP) is 2.45. The summed E-state index contributed by atoms with van der Waals surface area (Å²) in [5.74, 6) is 1.47. The van der Waals surface area contributed by atoms with Crippen LogP contribution in [0, 0.1) is 5.92 Å². The van der Waals surface area contributed by atoms with Gasteiger partial charge in [-0.25, -0.2) is 4.98 Å². The highest BCUT2D eigenvalue weighted by Crippen LogP contribution is 2.15. The summed E-state index contributed by atoms with van der Waals surface area (Å²) in [6, 6.07) is 3.99. The van der Waals surface area contributed by atoms with Gasteiger partial charge in [-0.2, -0.15) is 0 Å². The molecule has 2 aromatic heterocycles. The Hall–Kier alpha value is -1.55. The molecule has 1 unspecified atom stereocenters. The lowest BCUT2D eigenvalue weighted by atomic mass is 10.2. The number of imidazole rings is 1. The quantitative estimate of drug-likeness (QED) is 0.826. The summed E-state index contributed by atoms with van der Waals surface area (Å²) >= 11 is 0. The van der Waals surface area contributed by atoms with E-state index < -0.39 is 0 Å². The number of aromatic nitrogens is 2. The van der Waals surface area contributed by atoms with Gasteiger partial charge in [0.1, 0.15) is 11.4 Å². The van der Waals surface area contributed by atoms with E-state index in [0.717, 1.165) is 24.5 Å². The largest absolute Gasteiger partial charge is 0.493 e. The summed E-state index contributed by atoms with van der Waals surface area (Å²) in [5.41, 5.74) is 0.935. The molecule has 1 aliphatic heterocycles. The fourth-order valence-corrected chi connectivity index (χ4v) is 2.68. The Morgan fingerprint density at radius 3 is 3.00 bits per heavy atom. The van der Waals surface area contributed by atoms with Crippen LogP contribution in [-0.4, -0.2) is 40.5 Å². The zero-order valence-corrected chi connectivity index (χ0v) is 11.5. The molecular weight excluding hydrogens is 238 g/mol. The van der Waals surface area contributed by atoms with Crippen LogP contribution in [0.4, 0.5) is 0 Å². The second-order valence-corrected chi connectivity index (χ2v) is 5.48. The van der Waals surface area contributed by atoms with E-state index in [0.29, 0.717) is 5.92 Å². The van der Waals surface area contributed by atoms with Crippen molar-refractivity contribution >= 4 is 5.65 Å². The second kappa shape index (κ2) is 5.61. The number of likely N-dealkylation sites (tertiary alicyclic amines) is 1. The van der Waals surface area contributed by atoms with Crippen molar-refractivity contribution in [2.24, 2.45) is 5.92 Å². The van der Waals surface area contributed by atoms with E-state index in [9.17, 15) is 0 Å². The van der Waals surface area contributed by atoms with Gasteiger partial charge in [-0.05, 0) is 32.0 Å². The van der Waals surface area contributed by atoms with E-state index in [1.54, 1.807) is 6.20 Å². The molecular formula is C15H21N3O. The van der Waals surface area contributed by atoms with Crippen LogP contribution in [0.25, 0.3) is 5.65 Å². The van der Waals surface area contributed by atoms with E-state index in [-0.39, 0.29) is 0 Å². The molecule has 1 fully saturated rings. The Kier molecular flexibility index (Phi) is 3.69. The average Bonchev–Trinajstić information content (AvgIpc) is 3.06. The van der Waals surface area contributed by atoms with Gasteiger partial charge in [0, 0.05) is 37.1 Å². The van der Waals surface area contributed by atoms with Gasteiger partial charge >= 0.3 is 0 Å². The van der Waals surface area contributed by atoms with Gasteiger partial charge in [-0.3, -0.25) is 0 Å². The first-order chi connectivity index (χ1) is 9.31. The number of hydrogen-bond donors (Lipinski definition) is 0. The lowest BCUT2D eigenvalue weighted by molar-refractivity contribution is 0.206. The normalized spacial score (nSPS) is 17.9. The van der Waals surface area contributed by atoms with Crippen molar-refractivity contribution in [1.29, 1.82) is 0 Å². The van der Waals surface area contributed by atoms with Crippen molar-refractivity contribution in [3.8, 4) is 5.75 Å². The lowest BCUT2D eigenvalue weighted by Gasteiger charge is -2.20. The second-order valence-electron chi connectivity index (χ2n) is 5.48. The molecule has 0 saturated carbocycles. The fraction of sp³-hybridized carbons (Fsp3) is 0.533. The molecule has 0 spiro atoms. The third kappa shape index (κ3) is 3.07. The Bertz CT molecular complexity index is 531. The minimum Gasteiger partial charge on any atom is -0.493 e. The van der Waals surface area contributed by atoms with Gasteiger partial charge in [0.2, 0.25) is 0 Å². The monoisotopic (exact) mass is 259 g/mol. The SMILES string of the molecule is CC(COc1ccn2ccnc2c1)CN1CCCC1. The van der Waals surface area contributed by atoms with Crippen molar-refractivity contribution < 1.29 is 4.74 Å². The predicted molar refractivity (Wildman–Crippen MR) is 75.5 cm³/mol. The maximum Gasteiger partial charge on any atom is 0.140 e. The van der Waals surface area contributed by atoms with Gasteiger partial charge in [0.05, 0.1) is 6.61 Å². The highest BCUT2D eigenvalue weighted by atomic mass is 16.5. The number of rotatable bonds is 5. The lowest BCUT2D eigenvalue weighted by Crippen LogP contribution is -2.28. The van der Waals surface area contributed by atoms with Crippen LogP contribution in [0.15, 0.2) is 30.7 Å². The molecule has 1 aliphatic rings. The van der Waals surface area contributed by atoms with E-state index in [2.05, 4.69) is 16.8 Å². The van der Waals surface area contributed by atoms with Gasteiger partial charge in [0.25, 0.3) is 0 Å². The van der Waals surface area contributed by atoms with Crippen LogP contribution in [0.5, 0.6) is 5.75 Å². The first-order valence-electron chi connectivity index (χ1n) is 7.09. The molecule has 102 valence electrons. The maximum atomic E-state index is 5.88. The number of pyridine rings is 1. The van der Waals surface area contributed by atoms with Crippen LogP contribution in [0.1, 0.15) is 19.8 Å². The van der Waals surface area contributed by atoms with Gasteiger partial charge < -0.3 is 14.0 Å². The summed E-state index contributed by atoms with van der Waals surface area (Å²) in [5, 5.41) is 0. The molecule has 1 saturated heterocycles. The zero-order chi connectivity index (χ0) is 13.1. The van der Waals surface area contributed by atoms with Crippen LogP contribution in [-0.2, 0) is 0 Å². The third-order valence-corrected chi connectivity index (χ3v) is 3.67. The van der Waals surface area contributed by atoms with E-state index in [4.69, 9.17) is 4.74 Å². The summed E-state index contributed by atoms with van der Waals surface area (Å²) in [6.07, 6.45) is 8.43. The van der Waals surface area contributed by atoms with Crippen molar-refractivity contribution in [2.45, 2.75) is 19.8 Å². The van der Waals surface area contributed by atoms with Gasteiger partial charge in [-0.15, -0.1) is 0 Å². The number of ether oxygens (including phenoxy) is 1. The molecule has 4 heteroatoms. The smallest absolute Gasteiger partial charge is 0.140 e. The van der Waals surface area contributed by atoms with E-state index >= 15 is 0 Å². The van der Waals surface area contributed by atoms with Crippen LogP contribution < -0.4 is 4.74 Å². The molecule has 4 nitrogen and oxygen atoms in total. The highest BCUT2D eigenvalue weighted by molar-refractivity contribution is 5.43. The molecule has 0 aromatic carbocycles. The fourth-order valence-electron chi connectivity index (χ4n) is 2.68. The van der Waals surface area contributed by atoms with Crippen molar-refractivity contribution in [3.63, 3.8) is 0 Å². The van der Waals surface area contributed by atoms with Crippen molar-refractivity contribution in [3.05, 3.63) is 30.7 Å². The Morgan fingerprint density at radius 2 is 2.16 bits per heavy atom. The molecule has 0 aliphatic carbocycles. The highest BCUT2D eigenvalue weighted by Gasteiger charge is 2.14. The maximum absolute atomic E-state index is 5.88. The molecule has 0 radical (unpaired) electrons. The molecule has 3 rings (SSSR count). The number of fused-ring (bicyclic) bond motifs is 1.